The smallest absolute Gasteiger partial charge is 0.222 e. The van der Waals surface area contributed by atoms with Crippen molar-refractivity contribution in [3.8, 4) is 0 Å². The maximum absolute atomic E-state index is 9.64. The van der Waals surface area contributed by atoms with Crippen LogP contribution in [-0.2, 0) is 0 Å². The summed E-state index contributed by atoms with van der Waals surface area (Å²) in [6, 6.07) is 2.09. The number of nitrogens with two attached hydrogens (primary N) is 1. The van der Waals surface area contributed by atoms with Crippen LogP contribution >= 0.6 is 0 Å². The fraction of sp³-hybridized carbons (Fsp3) is 0.636. The highest BCUT2D eigenvalue weighted by molar-refractivity contribution is 5.42. The lowest BCUT2D eigenvalue weighted by Gasteiger charge is -2.49. The number of aryl methyl sites for hydroxylation is 1. The van der Waals surface area contributed by atoms with Crippen molar-refractivity contribution in [3.05, 3.63) is 11.8 Å². The second-order valence-corrected chi connectivity index (χ2v) is 5.02. The van der Waals surface area contributed by atoms with E-state index in [1.54, 1.807) is 0 Å². The van der Waals surface area contributed by atoms with Crippen molar-refractivity contribution < 1.29 is 5.11 Å². The molecule has 1 aliphatic rings. The average molecular weight is 222 g/mol. The number of hydrogen-bond donors (Lipinski definition) is 3. The fourth-order valence-corrected chi connectivity index (χ4v) is 1.99. The van der Waals surface area contributed by atoms with E-state index >= 15 is 0 Å². The summed E-state index contributed by atoms with van der Waals surface area (Å²) in [5.74, 6) is 1.01. The van der Waals surface area contributed by atoms with Crippen molar-refractivity contribution in [3.63, 3.8) is 0 Å². The van der Waals surface area contributed by atoms with Crippen LogP contribution in [0.15, 0.2) is 6.07 Å². The van der Waals surface area contributed by atoms with Crippen LogP contribution in [0.3, 0.4) is 0 Å². The molecule has 0 bridgehead atoms. The number of aromatic nitrogens is 2. The van der Waals surface area contributed by atoms with Gasteiger partial charge in [0.25, 0.3) is 0 Å². The number of nitrogens with zero attached hydrogens (tertiary/aromatic N) is 2. The van der Waals surface area contributed by atoms with Crippen LogP contribution in [0.25, 0.3) is 0 Å². The molecule has 5 heteroatoms. The molecule has 1 aliphatic carbocycles. The molecule has 1 aromatic rings. The van der Waals surface area contributed by atoms with E-state index in [-0.39, 0.29) is 23.5 Å². The molecule has 2 rings (SSSR count). The van der Waals surface area contributed by atoms with Crippen molar-refractivity contribution in [1.29, 1.82) is 0 Å². The van der Waals surface area contributed by atoms with Crippen LogP contribution in [0.2, 0.25) is 0 Å². The van der Waals surface area contributed by atoms with Crippen molar-refractivity contribution in [1.82, 2.24) is 9.97 Å². The first kappa shape index (κ1) is 11.1. The maximum Gasteiger partial charge on any atom is 0.222 e. The average Bonchev–Trinajstić information content (AvgIpc) is 2.15. The quantitative estimate of drug-likeness (QED) is 0.693. The molecule has 4 N–H and O–H groups in total. The molecule has 1 fully saturated rings. The molecule has 0 spiro atoms. The number of aliphatic hydroxyl groups excluding tert-OH is 1. The van der Waals surface area contributed by atoms with E-state index in [1.807, 2.05) is 26.8 Å². The van der Waals surface area contributed by atoms with Crippen LogP contribution in [0.1, 0.15) is 26.0 Å². The van der Waals surface area contributed by atoms with E-state index in [1.165, 1.54) is 0 Å². The summed E-state index contributed by atoms with van der Waals surface area (Å²) in [5, 5.41) is 12.9. The van der Waals surface area contributed by atoms with E-state index in [9.17, 15) is 5.11 Å². The van der Waals surface area contributed by atoms with Gasteiger partial charge in [-0.1, -0.05) is 13.8 Å². The molecule has 16 heavy (non-hydrogen) atoms. The van der Waals surface area contributed by atoms with Crippen LogP contribution < -0.4 is 11.1 Å². The van der Waals surface area contributed by atoms with Gasteiger partial charge in [-0.05, 0) is 13.3 Å². The standard InChI is InChI=1S/C11H18N4O/c1-6-4-9(15-10(12)13-6)14-7-5-8(16)11(7,2)3/h4,7-8,16H,5H2,1-3H3,(H3,12,13,14,15). The third-order valence-corrected chi connectivity index (χ3v) is 3.41. The van der Waals surface area contributed by atoms with Crippen molar-refractivity contribution in [2.24, 2.45) is 5.41 Å². The number of nitrogens with one attached hydrogen (secondary N) is 1. The Hall–Kier alpha value is -1.36. The van der Waals surface area contributed by atoms with E-state index in [0.29, 0.717) is 0 Å². The van der Waals surface area contributed by atoms with Gasteiger partial charge in [-0.25, -0.2) is 4.98 Å². The fourth-order valence-electron chi connectivity index (χ4n) is 1.99. The monoisotopic (exact) mass is 222 g/mol. The molecule has 5 nitrogen and oxygen atoms in total. The van der Waals surface area contributed by atoms with Gasteiger partial charge >= 0.3 is 0 Å². The Balaban J connectivity index is 2.11. The van der Waals surface area contributed by atoms with Gasteiger partial charge in [0.2, 0.25) is 5.95 Å². The lowest BCUT2D eigenvalue weighted by molar-refractivity contribution is -0.0511. The Kier molecular flexibility index (Phi) is 2.50. The Morgan fingerprint density at radius 1 is 1.50 bits per heavy atom. The van der Waals surface area contributed by atoms with E-state index in [0.717, 1.165) is 17.9 Å². The van der Waals surface area contributed by atoms with Gasteiger partial charge in [0.05, 0.1) is 6.10 Å². The molecule has 2 atom stereocenters. The molecule has 2 unspecified atom stereocenters. The molecular weight excluding hydrogens is 204 g/mol. The van der Waals surface area contributed by atoms with Crippen molar-refractivity contribution in [2.45, 2.75) is 39.3 Å². The molecule has 1 heterocycles. The number of rotatable bonds is 2. The molecule has 0 radical (unpaired) electrons. The third-order valence-electron chi connectivity index (χ3n) is 3.41. The minimum absolute atomic E-state index is 0.117. The zero-order valence-corrected chi connectivity index (χ0v) is 9.86. The molecule has 0 amide bonds. The third kappa shape index (κ3) is 1.82. The summed E-state index contributed by atoms with van der Waals surface area (Å²) in [6.07, 6.45) is 0.501. The lowest BCUT2D eigenvalue weighted by Crippen LogP contribution is -2.57. The molecular formula is C11H18N4O. The number of nitrogen functional groups attached to an aromatic ring is 1. The minimum Gasteiger partial charge on any atom is -0.392 e. The summed E-state index contributed by atoms with van der Waals surface area (Å²) in [4.78, 5) is 8.13. The molecule has 1 saturated carbocycles. The second-order valence-electron chi connectivity index (χ2n) is 5.02. The lowest BCUT2D eigenvalue weighted by atomic mass is 9.64. The Morgan fingerprint density at radius 3 is 2.69 bits per heavy atom. The largest absolute Gasteiger partial charge is 0.392 e. The summed E-state index contributed by atoms with van der Waals surface area (Å²) >= 11 is 0. The maximum atomic E-state index is 9.64. The highest BCUT2D eigenvalue weighted by Gasteiger charge is 2.47. The van der Waals surface area contributed by atoms with Crippen molar-refractivity contribution in [2.75, 3.05) is 11.1 Å². The van der Waals surface area contributed by atoms with Crippen LogP contribution in [-0.4, -0.2) is 27.2 Å². The van der Waals surface area contributed by atoms with Gasteiger partial charge < -0.3 is 16.2 Å². The van der Waals surface area contributed by atoms with E-state index in [2.05, 4.69) is 15.3 Å². The van der Waals surface area contributed by atoms with Crippen LogP contribution in [0.5, 0.6) is 0 Å². The van der Waals surface area contributed by atoms with Gasteiger partial charge in [-0.2, -0.15) is 4.98 Å². The zero-order valence-electron chi connectivity index (χ0n) is 9.86. The SMILES string of the molecule is Cc1cc(NC2CC(O)C2(C)C)nc(N)n1. The summed E-state index contributed by atoms with van der Waals surface area (Å²) in [5.41, 5.74) is 6.30. The first-order valence-electron chi connectivity index (χ1n) is 5.45. The van der Waals surface area contributed by atoms with Crippen LogP contribution in [0, 0.1) is 12.3 Å². The highest BCUT2D eigenvalue weighted by Crippen LogP contribution is 2.41. The molecule has 0 aromatic carbocycles. The first-order chi connectivity index (χ1) is 7.39. The summed E-state index contributed by atoms with van der Waals surface area (Å²) in [7, 11) is 0. The number of anilines is 2. The number of hydrogen-bond acceptors (Lipinski definition) is 5. The molecule has 0 saturated heterocycles. The van der Waals surface area contributed by atoms with Gasteiger partial charge in [0.1, 0.15) is 5.82 Å². The van der Waals surface area contributed by atoms with Gasteiger partial charge in [-0.3, -0.25) is 0 Å². The topological polar surface area (TPSA) is 84.1 Å². The van der Waals surface area contributed by atoms with Crippen LogP contribution in [0.4, 0.5) is 11.8 Å². The normalized spacial score (nSPS) is 27.2. The van der Waals surface area contributed by atoms with Gasteiger partial charge in [-0.15, -0.1) is 0 Å². The van der Waals surface area contributed by atoms with E-state index < -0.39 is 0 Å². The van der Waals surface area contributed by atoms with Gasteiger partial charge in [0, 0.05) is 23.2 Å². The highest BCUT2D eigenvalue weighted by atomic mass is 16.3. The predicted octanol–water partition coefficient (Wildman–Crippen LogP) is 0.939. The molecule has 1 aromatic heterocycles. The predicted molar refractivity (Wildman–Crippen MR) is 63.0 cm³/mol. The number of aliphatic hydroxyl groups is 1. The summed E-state index contributed by atoms with van der Waals surface area (Å²) < 4.78 is 0. The Labute approximate surface area is 95.1 Å². The minimum atomic E-state index is -0.245. The first-order valence-corrected chi connectivity index (χ1v) is 5.45. The zero-order chi connectivity index (χ0) is 11.9. The van der Waals surface area contributed by atoms with Gasteiger partial charge in [0.15, 0.2) is 0 Å². The van der Waals surface area contributed by atoms with E-state index in [4.69, 9.17) is 5.73 Å². The Bertz CT molecular complexity index is 385. The Morgan fingerprint density at radius 2 is 2.19 bits per heavy atom. The molecule has 0 aliphatic heterocycles. The van der Waals surface area contributed by atoms with Crippen molar-refractivity contribution >= 4 is 11.8 Å². The summed E-state index contributed by atoms with van der Waals surface area (Å²) in [6.45, 7) is 5.95. The molecule has 88 valence electrons. The second kappa shape index (κ2) is 3.59.